The lowest BCUT2D eigenvalue weighted by Crippen LogP contribution is -2.46. The summed E-state index contributed by atoms with van der Waals surface area (Å²) in [4.78, 5) is 0. The van der Waals surface area contributed by atoms with Gasteiger partial charge >= 0.3 is 6.18 Å². The Labute approximate surface area is 139 Å². The number of aliphatic hydroxyl groups excluding tert-OH is 2. The molecule has 0 rings (SSSR count). The van der Waals surface area contributed by atoms with Crippen molar-refractivity contribution >= 4 is 45.2 Å². The van der Waals surface area contributed by atoms with Crippen molar-refractivity contribution in [3.63, 3.8) is 0 Å². The molecular formula is C12H21F3I2O2. The van der Waals surface area contributed by atoms with Gasteiger partial charge in [-0.1, -0.05) is 72.4 Å². The summed E-state index contributed by atoms with van der Waals surface area (Å²) in [5.41, 5.74) is 0. The molecule has 0 aromatic rings. The van der Waals surface area contributed by atoms with Crippen molar-refractivity contribution in [2.45, 2.75) is 49.5 Å². The van der Waals surface area contributed by atoms with Crippen LogP contribution in [-0.4, -0.2) is 36.9 Å². The van der Waals surface area contributed by atoms with E-state index in [2.05, 4.69) is 0 Å². The summed E-state index contributed by atoms with van der Waals surface area (Å²) in [5.74, 6) is -2.48. The van der Waals surface area contributed by atoms with E-state index in [1.54, 1.807) is 22.6 Å². The average molecular weight is 508 g/mol. The molecule has 0 aliphatic carbocycles. The second-order valence-corrected chi connectivity index (χ2v) is 7.29. The van der Waals surface area contributed by atoms with E-state index < -0.39 is 30.2 Å². The van der Waals surface area contributed by atoms with Crippen LogP contribution in [0, 0.1) is 17.8 Å². The summed E-state index contributed by atoms with van der Waals surface area (Å²) >= 11 is 3.68. The lowest BCUT2D eigenvalue weighted by molar-refractivity contribution is -0.193. The minimum atomic E-state index is -4.35. The zero-order chi connectivity index (χ0) is 15.4. The molecule has 0 fully saturated rings. The Morgan fingerprint density at radius 1 is 1.11 bits per heavy atom. The van der Waals surface area contributed by atoms with Crippen LogP contribution in [0.5, 0.6) is 0 Å². The van der Waals surface area contributed by atoms with Gasteiger partial charge in [-0.25, -0.2) is 0 Å². The minimum Gasteiger partial charge on any atom is -0.390 e. The molecule has 0 aromatic carbocycles. The fraction of sp³-hybridized carbons (Fsp3) is 1.00. The van der Waals surface area contributed by atoms with Crippen LogP contribution in [-0.2, 0) is 0 Å². The molecule has 0 aliphatic rings. The molecule has 0 radical (unpaired) electrons. The Morgan fingerprint density at radius 2 is 1.58 bits per heavy atom. The van der Waals surface area contributed by atoms with Gasteiger partial charge < -0.3 is 10.2 Å². The molecule has 0 spiro atoms. The van der Waals surface area contributed by atoms with Gasteiger partial charge in [0, 0.05) is 8.35 Å². The third-order valence-corrected chi connectivity index (χ3v) is 6.54. The second kappa shape index (κ2) is 8.57. The summed E-state index contributed by atoms with van der Waals surface area (Å²) in [6.45, 7) is 5.21. The molecule has 0 bridgehead atoms. The fourth-order valence-corrected chi connectivity index (χ4v) is 4.06. The highest BCUT2D eigenvalue weighted by atomic mass is 127. The van der Waals surface area contributed by atoms with Crippen molar-refractivity contribution in [3.05, 3.63) is 0 Å². The third-order valence-electron chi connectivity index (χ3n) is 3.62. The first-order valence-electron chi connectivity index (χ1n) is 6.20. The molecular weight excluding hydrogens is 487 g/mol. The Morgan fingerprint density at radius 3 is 1.89 bits per heavy atom. The highest BCUT2D eigenvalue weighted by molar-refractivity contribution is 14.1. The Bertz CT molecular complexity index is 264. The van der Waals surface area contributed by atoms with Crippen LogP contribution in [0.15, 0.2) is 0 Å². The minimum absolute atomic E-state index is 0.124. The van der Waals surface area contributed by atoms with E-state index in [9.17, 15) is 23.4 Å². The van der Waals surface area contributed by atoms with E-state index in [4.69, 9.17) is 0 Å². The highest BCUT2D eigenvalue weighted by Gasteiger charge is 2.46. The topological polar surface area (TPSA) is 40.5 Å². The molecule has 2 N–H and O–H groups in total. The van der Waals surface area contributed by atoms with Crippen LogP contribution in [0.25, 0.3) is 0 Å². The van der Waals surface area contributed by atoms with E-state index in [0.29, 0.717) is 0 Å². The SMILES string of the molecule is CCC(C)C(I)[C@H](O)C(O)[C@@H](C)C(CI)C(F)(F)F. The van der Waals surface area contributed by atoms with Crippen molar-refractivity contribution in [3.8, 4) is 0 Å². The van der Waals surface area contributed by atoms with Crippen LogP contribution in [0.4, 0.5) is 13.2 Å². The molecule has 116 valence electrons. The predicted molar refractivity (Wildman–Crippen MR) is 86.9 cm³/mol. The number of hydrogen-bond donors (Lipinski definition) is 2. The predicted octanol–water partition coefficient (Wildman–Crippen LogP) is 3.81. The lowest BCUT2D eigenvalue weighted by atomic mass is 9.84. The zero-order valence-corrected chi connectivity index (χ0v) is 15.5. The van der Waals surface area contributed by atoms with E-state index in [1.165, 1.54) is 6.92 Å². The molecule has 6 atom stereocenters. The van der Waals surface area contributed by atoms with Gasteiger partial charge in [-0.3, -0.25) is 0 Å². The lowest BCUT2D eigenvalue weighted by Gasteiger charge is -2.34. The quantitative estimate of drug-likeness (QED) is 0.406. The van der Waals surface area contributed by atoms with E-state index in [0.717, 1.165) is 6.42 Å². The normalized spacial score (nSPS) is 22.4. The summed E-state index contributed by atoms with van der Waals surface area (Å²) in [7, 11) is 0. The first-order chi connectivity index (χ1) is 8.57. The molecule has 4 unspecified atom stereocenters. The van der Waals surface area contributed by atoms with E-state index in [1.807, 2.05) is 36.4 Å². The molecule has 0 saturated carbocycles. The maximum Gasteiger partial charge on any atom is 0.392 e. The van der Waals surface area contributed by atoms with Gasteiger partial charge in [-0.15, -0.1) is 0 Å². The number of aliphatic hydroxyl groups is 2. The Balaban J connectivity index is 4.84. The monoisotopic (exact) mass is 508 g/mol. The van der Waals surface area contributed by atoms with Crippen LogP contribution in [0.1, 0.15) is 27.2 Å². The van der Waals surface area contributed by atoms with Crippen LogP contribution >= 0.6 is 45.2 Å². The summed E-state index contributed by atoms with van der Waals surface area (Å²) < 4.78 is 38.1. The molecule has 0 saturated heterocycles. The Kier molecular flexibility index (Phi) is 9.10. The van der Waals surface area contributed by atoms with Crippen molar-refractivity contribution in [2.24, 2.45) is 17.8 Å². The van der Waals surface area contributed by atoms with Crippen LogP contribution < -0.4 is 0 Å². The molecule has 0 amide bonds. The van der Waals surface area contributed by atoms with Gasteiger partial charge in [0.15, 0.2) is 0 Å². The van der Waals surface area contributed by atoms with Crippen molar-refractivity contribution in [2.75, 3.05) is 4.43 Å². The second-order valence-electron chi connectivity index (χ2n) is 4.97. The van der Waals surface area contributed by atoms with Gasteiger partial charge in [0.25, 0.3) is 0 Å². The largest absolute Gasteiger partial charge is 0.392 e. The summed E-state index contributed by atoms with van der Waals surface area (Å²) in [6, 6.07) is 0. The fourth-order valence-electron chi connectivity index (χ4n) is 1.83. The smallest absolute Gasteiger partial charge is 0.390 e. The van der Waals surface area contributed by atoms with Crippen molar-refractivity contribution in [1.29, 1.82) is 0 Å². The molecule has 2 nitrogen and oxygen atoms in total. The van der Waals surface area contributed by atoms with E-state index in [-0.39, 0.29) is 14.3 Å². The summed E-state index contributed by atoms with van der Waals surface area (Å²) in [5, 5.41) is 20.0. The van der Waals surface area contributed by atoms with Gasteiger partial charge in [0.1, 0.15) is 0 Å². The van der Waals surface area contributed by atoms with Crippen LogP contribution in [0.3, 0.4) is 0 Å². The van der Waals surface area contributed by atoms with Gasteiger partial charge in [-0.05, 0) is 11.8 Å². The molecule has 0 heterocycles. The number of alkyl halides is 5. The van der Waals surface area contributed by atoms with Crippen molar-refractivity contribution in [1.82, 2.24) is 0 Å². The van der Waals surface area contributed by atoms with Gasteiger partial charge in [0.05, 0.1) is 18.1 Å². The highest BCUT2D eigenvalue weighted by Crippen LogP contribution is 2.37. The number of halogens is 5. The maximum absolute atomic E-state index is 12.8. The van der Waals surface area contributed by atoms with Gasteiger partial charge in [-0.2, -0.15) is 13.2 Å². The Hall–Kier alpha value is 1.17. The molecule has 0 aromatic heterocycles. The number of rotatable bonds is 7. The summed E-state index contributed by atoms with van der Waals surface area (Å²) in [6.07, 6.45) is -6.05. The molecule has 7 heteroatoms. The third kappa shape index (κ3) is 5.82. The zero-order valence-electron chi connectivity index (χ0n) is 11.2. The maximum atomic E-state index is 12.8. The first kappa shape index (κ1) is 20.2. The molecule has 0 aliphatic heterocycles. The average Bonchev–Trinajstić information content (AvgIpc) is 2.33. The first-order valence-corrected chi connectivity index (χ1v) is 8.97. The molecule has 19 heavy (non-hydrogen) atoms. The standard InChI is InChI=1S/C12H21F3I2O2/c1-4-6(2)9(17)11(19)10(18)7(3)8(5-16)12(13,14)15/h6-11,18-19H,4-5H2,1-3H3/t6?,7-,8?,9?,10?,11-/m0/s1. The number of hydrogen-bond acceptors (Lipinski definition) is 2. The van der Waals surface area contributed by atoms with E-state index >= 15 is 0 Å². The van der Waals surface area contributed by atoms with Crippen molar-refractivity contribution < 1.29 is 23.4 Å². The van der Waals surface area contributed by atoms with Crippen LogP contribution in [0.2, 0.25) is 0 Å². The van der Waals surface area contributed by atoms with Gasteiger partial charge in [0.2, 0.25) is 0 Å².